The summed E-state index contributed by atoms with van der Waals surface area (Å²) in [6.45, 7) is 0. The van der Waals surface area contributed by atoms with Crippen LogP contribution >= 0.6 is 11.6 Å². The maximum Gasteiger partial charge on any atom is 0.352 e. The predicted molar refractivity (Wildman–Crippen MR) is 112 cm³/mol. The van der Waals surface area contributed by atoms with E-state index in [1.54, 1.807) is 72.8 Å². The van der Waals surface area contributed by atoms with Gasteiger partial charge in [-0.3, -0.25) is 4.79 Å². The lowest BCUT2D eigenvalue weighted by Crippen LogP contribution is -2.27. The van der Waals surface area contributed by atoms with Crippen LogP contribution in [0.3, 0.4) is 0 Å². The van der Waals surface area contributed by atoms with E-state index in [9.17, 15) is 14.7 Å². The van der Waals surface area contributed by atoms with Crippen LogP contribution in [0.25, 0.3) is 6.08 Å². The average molecular weight is 409 g/mol. The quantitative estimate of drug-likeness (QED) is 0.409. The lowest BCUT2D eigenvalue weighted by atomic mass is 10.1. The van der Waals surface area contributed by atoms with Crippen molar-refractivity contribution in [1.82, 2.24) is 5.32 Å². The second-order valence-corrected chi connectivity index (χ2v) is 6.42. The maximum atomic E-state index is 12.3. The van der Waals surface area contributed by atoms with Crippen molar-refractivity contribution in [3.8, 4) is 11.5 Å². The molecule has 3 aromatic rings. The Hall–Kier alpha value is -3.77. The third-order valence-corrected chi connectivity index (χ3v) is 4.20. The van der Waals surface area contributed by atoms with Crippen LogP contribution in [-0.4, -0.2) is 17.0 Å². The van der Waals surface area contributed by atoms with E-state index >= 15 is 0 Å². The van der Waals surface area contributed by atoms with Gasteiger partial charge in [0.1, 0.15) is 11.4 Å². The van der Waals surface area contributed by atoms with Crippen LogP contribution in [0.2, 0.25) is 5.02 Å². The summed E-state index contributed by atoms with van der Waals surface area (Å²) in [5.74, 6) is -1.06. The first-order chi connectivity index (χ1) is 13.9. The highest BCUT2D eigenvalue weighted by atomic mass is 35.5. The van der Waals surface area contributed by atoms with Crippen molar-refractivity contribution >= 4 is 35.2 Å². The number of carboxylic acids is 1. The van der Waals surface area contributed by atoms with E-state index < -0.39 is 11.9 Å². The molecule has 4 N–H and O–H groups in total. The van der Waals surface area contributed by atoms with Crippen LogP contribution < -0.4 is 15.8 Å². The molecule has 0 saturated heterocycles. The molecule has 3 aromatic carbocycles. The number of amides is 1. The molecule has 146 valence electrons. The number of carbonyl (C=O) groups excluding carboxylic acids is 1. The van der Waals surface area contributed by atoms with Gasteiger partial charge in [0.25, 0.3) is 5.91 Å². The van der Waals surface area contributed by atoms with Crippen molar-refractivity contribution in [2.45, 2.75) is 0 Å². The van der Waals surface area contributed by atoms with Gasteiger partial charge >= 0.3 is 5.97 Å². The van der Waals surface area contributed by atoms with Crippen molar-refractivity contribution in [3.05, 3.63) is 94.6 Å². The first-order valence-electron chi connectivity index (χ1n) is 8.57. The molecule has 3 rings (SSSR count). The molecule has 7 heteroatoms. The van der Waals surface area contributed by atoms with Crippen LogP contribution in [0, 0.1) is 0 Å². The highest BCUT2D eigenvalue weighted by Crippen LogP contribution is 2.34. The number of ether oxygens (including phenoxy) is 1. The summed E-state index contributed by atoms with van der Waals surface area (Å²) in [6, 6.07) is 20.0. The molecule has 29 heavy (non-hydrogen) atoms. The zero-order valence-electron chi connectivity index (χ0n) is 15.1. The van der Waals surface area contributed by atoms with Gasteiger partial charge in [0.2, 0.25) is 0 Å². The lowest BCUT2D eigenvalue weighted by molar-refractivity contribution is -0.132. The number of hydrogen-bond donors (Lipinski definition) is 3. The van der Waals surface area contributed by atoms with Crippen molar-refractivity contribution in [3.63, 3.8) is 0 Å². The fourth-order valence-corrected chi connectivity index (χ4v) is 2.74. The van der Waals surface area contributed by atoms with Crippen molar-refractivity contribution in [1.29, 1.82) is 0 Å². The summed E-state index contributed by atoms with van der Waals surface area (Å²) in [7, 11) is 0. The molecule has 0 unspecified atom stereocenters. The van der Waals surface area contributed by atoms with Gasteiger partial charge in [0.05, 0.1) is 10.7 Å². The highest BCUT2D eigenvalue weighted by Gasteiger charge is 2.14. The molecule has 0 radical (unpaired) electrons. The predicted octanol–water partition coefficient (Wildman–Crippen LogP) is 4.57. The van der Waals surface area contributed by atoms with Gasteiger partial charge in [-0.2, -0.15) is 0 Å². The Labute approximate surface area is 172 Å². The normalized spacial score (nSPS) is 11.0. The van der Waals surface area contributed by atoms with Gasteiger partial charge in [0.15, 0.2) is 5.75 Å². The second-order valence-electron chi connectivity index (χ2n) is 6.02. The fraction of sp³-hybridized carbons (Fsp3) is 0. The van der Waals surface area contributed by atoms with Gasteiger partial charge in [0, 0.05) is 5.56 Å². The van der Waals surface area contributed by atoms with E-state index in [1.165, 1.54) is 6.08 Å². The summed E-state index contributed by atoms with van der Waals surface area (Å²) in [5.41, 5.74) is 6.86. The standard InChI is InChI=1S/C22H17ClN2O4/c23-17-10-5-11-18(24)20(17)29-16-9-4-6-14(12-16)13-19(22(27)28)25-21(26)15-7-2-1-3-8-15/h1-13H,24H2,(H,25,26)(H,27,28)/b19-13+. The Bertz CT molecular complexity index is 1060. The molecule has 0 aliphatic carbocycles. The van der Waals surface area contributed by atoms with E-state index in [0.717, 1.165) is 0 Å². The largest absolute Gasteiger partial charge is 0.477 e. The summed E-state index contributed by atoms with van der Waals surface area (Å²) in [6.07, 6.45) is 1.34. The molecule has 0 saturated carbocycles. The number of carbonyl (C=O) groups is 2. The van der Waals surface area contributed by atoms with Crippen LogP contribution in [0.5, 0.6) is 11.5 Å². The zero-order chi connectivity index (χ0) is 20.8. The third kappa shape index (κ3) is 5.15. The van der Waals surface area contributed by atoms with Crippen LogP contribution in [0.4, 0.5) is 5.69 Å². The van der Waals surface area contributed by atoms with E-state index in [0.29, 0.717) is 33.3 Å². The van der Waals surface area contributed by atoms with E-state index in [4.69, 9.17) is 22.1 Å². The van der Waals surface area contributed by atoms with E-state index in [1.807, 2.05) is 0 Å². The molecule has 0 heterocycles. The number of para-hydroxylation sites is 1. The van der Waals surface area contributed by atoms with Crippen molar-refractivity contribution in [2.75, 3.05) is 5.73 Å². The summed E-state index contributed by atoms with van der Waals surface area (Å²) >= 11 is 6.12. The number of halogens is 1. The number of hydrogen-bond acceptors (Lipinski definition) is 4. The van der Waals surface area contributed by atoms with Gasteiger partial charge in [-0.05, 0) is 48.0 Å². The Morgan fingerprint density at radius 2 is 1.72 bits per heavy atom. The SMILES string of the molecule is Nc1cccc(Cl)c1Oc1cccc(/C=C(/NC(=O)c2ccccc2)C(=O)O)c1. The first-order valence-corrected chi connectivity index (χ1v) is 8.95. The molecule has 0 fully saturated rings. The van der Waals surface area contributed by atoms with Crippen molar-refractivity contribution in [2.24, 2.45) is 0 Å². The summed E-state index contributed by atoms with van der Waals surface area (Å²) < 4.78 is 5.75. The average Bonchev–Trinajstić information content (AvgIpc) is 2.71. The number of benzene rings is 3. The molecule has 1 amide bonds. The number of anilines is 1. The minimum atomic E-state index is -1.27. The number of nitrogen functional groups attached to an aromatic ring is 1. The minimum absolute atomic E-state index is 0.270. The number of carboxylic acid groups (broad SMARTS) is 1. The number of nitrogens with two attached hydrogens (primary N) is 1. The molecule has 0 aliphatic heterocycles. The smallest absolute Gasteiger partial charge is 0.352 e. The topological polar surface area (TPSA) is 102 Å². The first kappa shape index (κ1) is 20.0. The molecule has 0 bridgehead atoms. The third-order valence-electron chi connectivity index (χ3n) is 3.90. The number of rotatable bonds is 6. The van der Waals surface area contributed by atoms with Crippen molar-refractivity contribution < 1.29 is 19.4 Å². The van der Waals surface area contributed by atoms with Gasteiger partial charge in [-0.1, -0.05) is 48.0 Å². The molecule has 0 atom stereocenters. The Kier molecular flexibility index (Phi) is 6.16. The molecular formula is C22H17ClN2O4. The highest BCUT2D eigenvalue weighted by molar-refractivity contribution is 6.32. The summed E-state index contributed by atoms with van der Waals surface area (Å²) in [5, 5.41) is 12.2. The van der Waals surface area contributed by atoms with Crippen LogP contribution in [0.15, 0.2) is 78.5 Å². The number of nitrogens with one attached hydrogen (secondary N) is 1. The Morgan fingerprint density at radius 3 is 2.41 bits per heavy atom. The lowest BCUT2D eigenvalue weighted by Gasteiger charge is -2.11. The van der Waals surface area contributed by atoms with Gasteiger partial charge < -0.3 is 20.9 Å². The van der Waals surface area contributed by atoms with Crippen LogP contribution in [0.1, 0.15) is 15.9 Å². The minimum Gasteiger partial charge on any atom is -0.477 e. The zero-order valence-corrected chi connectivity index (χ0v) is 15.9. The monoisotopic (exact) mass is 408 g/mol. The molecule has 6 nitrogen and oxygen atoms in total. The molecule has 0 aliphatic rings. The second kappa shape index (κ2) is 8.95. The fourth-order valence-electron chi connectivity index (χ4n) is 2.52. The molecular weight excluding hydrogens is 392 g/mol. The van der Waals surface area contributed by atoms with Crippen LogP contribution in [-0.2, 0) is 4.79 Å². The van der Waals surface area contributed by atoms with E-state index in [2.05, 4.69) is 5.32 Å². The molecule has 0 aromatic heterocycles. The van der Waals surface area contributed by atoms with E-state index in [-0.39, 0.29) is 5.70 Å². The summed E-state index contributed by atoms with van der Waals surface area (Å²) in [4.78, 5) is 23.9. The Balaban J connectivity index is 1.85. The van der Waals surface area contributed by atoms with Gasteiger partial charge in [-0.25, -0.2) is 4.79 Å². The maximum absolute atomic E-state index is 12.3. The molecule has 0 spiro atoms. The van der Waals surface area contributed by atoms with Gasteiger partial charge in [-0.15, -0.1) is 0 Å². The number of aliphatic carboxylic acids is 1. The Morgan fingerprint density at radius 1 is 1.00 bits per heavy atom.